The molecule has 0 saturated carbocycles. The van der Waals surface area contributed by atoms with Gasteiger partial charge in [-0.05, 0) is 42.0 Å². The van der Waals surface area contributed by atoms with Gasteiger partial charge in [0.2, 0.25) is 17.7 Å². The highest BCUT2D eigenvalue weighted by molar-refractivity contribution is 7.98. The number of aromatic nitrogens is 1. The molecule has 3 aromatic rings. The average Bonchev–Trinajstić information content (AvgIpc) is 3.32. The summed E-state index contributed by atoms with van der Waals surface area (Å²) in [5.41, 5.74) is 8.70. The highest BCUT2D eigenvalue weighted by atomic mass is 32.2. The zero-order chi connectivity index (χ0) is 27.5. The molecule has 3 atom stereocenters. The Balaban J connectivity index is 1.59. The highest BCUT2D eigenvalue weighted by Crippen LogP contribution is 2.18. The van der Waals surface area contributed by atoms with Crippen LogP contribution in [0.15, 0.2) is 60.8 Å². The van der Waals surface area contributed by atoms with Gasteiger partial charge in [0.25, 0.3) is 0 Å². The first-order valence-corrected chi connectivity index (χ1v) is 13.6. The van der Waals surface area contributed by atoms with E-state index in [9.17, 15) is 24.3 Å². The number of carboxylic acids is 1. The van der Waals surface area contributed by atoms with Crippen LogP contribution in [0.5, 0.6) is 0 Å². The summed E-state index contributed by atoms with van der Waals surface area (Å²) in [6.45, 7) is -0.381. The van der Waals surface area contributed by atoms with Crippen molar-refractivity contribution < 1.29 is 24.3 Å². The predicted molar refractivity (Wildman–Crippen MR) is 148 cm³/mol. The van der Waals surface area contributed by atoms with Gasteiger partial charge < -0.3 is 31.8 Å². The van der Waals surface area contributed by atoms with E-state index in [0.717, 1.165) is 22.0 Å². The van der Waals surface area contributed by atoms with Crippen LogP contribution in [-0.2, 0) is 32.0 Å². The van der Waals surface area contributed by atoms with Crippen LogP contribution in [0.2, 0.25) is 0 Å². The fourth-order valence-corrected chi connectivity index (χ4v) is 4.47. The Kier molecular flexibility index (Phi) is 10.7. The standard InChI is InChI=1S/C27H33N5O5S/c1-38-12-11-22(27(36)37)32-26(35)23(13-17-7-3-2-4-8-17)31-24(33)16-30-25(34)20(28)14-18-15-29-21-10-6-5-9-19(18)21/h2-10,15,20,22-23,29H,11-14,16,28H2,1H3,(H,30,34)(H,31,33)(H,32,35)(H,36,37). The fourth-order valence-electron chi connectivity index (χ4n) is 4.00. The van der Waals surface area contributed by atoms with Crippen LogP contribution in [0.3, 0.4) is 0 Å². The molecule has 0 fully saturated rings. The van der Waals surface area contributed by atoms with Crippen molar-refractivity contribution in [1.29, 1.82) is 0 Å². The van der Waals surface area contributed by atoms with Crippen molar-refractivity contribution in [3.63, 3.8) is 0 Å². The maximum absolute atomic E-state index is 13.0. The summed E-state index contributed by atoms with van der Waals surface area (Å²) in [6.07, 6.45) is 4.34. The molecule has 7 N–H and O–H groups in total. The zero-order valence-corrected chi connectivity index (χ0v) is 21.9. The van der Waals surface area contributed by atoms with E-state index < -0.39 is 41.8 Å². The first kappa shape index (κ1) is 28.7. The first-order chi connectivity index (χ1) is 18.3. The maximum Gasteiger partial charge on any atom is 0.326 e. The molecule has 3 rings (SSSR count). The molecule has 0 spiro atoms. The number of nitrogens with two attached hydrogens (primary N) is 1. The molecule has 202 valence electrons. The highest BCUT2D eigenvalue weighted by Gasteiger charge is 2.27. The number of carboxylic acid groups (broad SMARTS) is 1. The van der Waals surface area contributed by atoms with Crippen molar-refractivity contribution in [2.24, 2.45) is 5.73 Å². The Morgan fingerprint density at radius 2 is 1.66 bits per heavy atom. The number of benzene rings is 2. The molecule has 3 amide bonds. The minimum atomic E-state index is -1.14. The van der Waals surface area contributed by atoms with E-state index in [0.29, 0.717) is 5.75 Å². The quantitative estimate of drug-likeness (QED) is 0.179. The fraction of sp³-hybridized carbons (Fsp3) is 0.333. The van der Waals surface area contributed by atoms with E-state index in [1.54, 1.807) is 30.5 Å². The Morgan fingerprint density at radius 3 is 2.37 bits per heavy atom. The third-order valence-electron chi connectivity index (χ3n) is 6.03. The molecule has 1 aromatic heterocycles. The normalized spacial score (nSPS) is 13.3. The third-order valence-corrected chi connectivity index (χ3v) is 6.68. The van der Waals surface area contributed by atoms with Gasteiger partial charge in [-0.1, -0.05) is 48.5 Å². The predicted octanol–water partition coefficient (Wildman–Crippen LogP) is 1.20. The van der Waals surface area contributed by atoms with Gasteiger partial charge in [0.05, 0.1) is 12.6 Å². The smallest absolute Gasteiger partial charge is 0.326 e. The van der Waals surface area contributed by atoms with E-state index in [2.05, 4.69) is 20.9 Å². The zero-order valence-electron chi connectivity index (χ0n) is 21.1. The summed E-state index contributed by atoms with van der Waals surface area (Å²) in [5.74, 6) is -2.30. The molecule has 38 heavy (non-hydrogen) atoms. The SMILES string of the molecule is CSCCC(NC(=O)C(Cc1ccccc1)NC(=O)CNC(=O)C(N)Cc1c[nH]c2ccccc12)C(=O)O. The van der Waals surface area contributed by atoms with E-state index in [1.165, 1.54) is 11.8 Å². The van der Waals surface area contributed by atoms with Crippen LogP contribution in [-0.4, -0.2) is 70.5 Å². The lowest BCUT2D eigenvalue weighted by Gasteiger charge is -2.22. The second kappa shape index (κ2) is 14.2. The number of aromatic amines is 1. The lowest BCUT2D eigenvalue weighted by atomic mass is 10.0. The van der Waals surface area contributed by atoms with E-state index in [4.69, 9.17) is 5.73 Å². The molecule has 0 radical (unpaired) electrons. The van der Waals surface area contributed by atoms with Gasteiger partial charge in [0, 0.05) is 23.5 Å². The molecule has 2 aromatic carbocycles. The van der Waals surface area contributed by atoms with E-state index in [-0.39, 0.29) is 25.8 Å². The van der Waals surface area contributed by atoms with Crippen molar-refractivity contribution in [2.45, 2.75) is 37.4 Å². The number of amides is 3. The lowest BCUT2D eigenvalue weighted by molar-refractivity contribution is -0.142. The summed E-state index contributed by atoms with van der Waals surface area (Å²) in [4.78, 5) is 53.0. The summed E-state index contributed by atoms with van der Waals surface area (Å²) >= 11 is 1.47. The van der Waals surface area contributed by atoms with Crippen LogP contribution < -0.4 is 21.7 Å². The van der Waals surface area contributed by atoms with Gasteiger partial charge in [-0.25, -0.2) is 4.79 Å². The first-order valence-electron chi connectivity index (χ1n) is 12.2. The molecule has 0 aliphatic carbocycles. The number of aliphatic carboxylic acids is 1. The van der Waals surface area contributed by atoms with Crippen LogP contribution in [0, 0.1) is 0 Å². The van der Waals surface area contributed by atoms with Gasteiger partial charge >= 0.3 is 5.97 Å². The number of hydrogen-bond acceptors (Lipinski definition) is 6. The van der Waals surface area contributed by atoms with E-state index >= 15 is 0 Å². The number of H-pyrrole nitrogens is 1. The average molecular weight is 540 g/mol. The number of rotatable bonds is 14. The number of hydrogen-bond donors (Lipinski definition) is 6. The Bertz CT molecular complexity index is 1250. The van der Waals surface area contributed by atoms with Crippen molar-refractivity contribution in [2.75, 3.05) is 18.6 Å². The summed E-state index contributed by atoms with van der Waals surface area (Å²) < 4.78 is 0. The number of carbonyl (C=O) groups is 4. The molecule has 1 heterocycles. The van der Waals surface area contributed by atoms with Crippen LogP contribution in [0.25, 0.3) is 10.9 Å². The summed E-state index contributed by atoms with van der Waals surface area (Å²) in [5, 5.41) is 18.1. The van der Waals surface area contributed by atoms with Crippen molar-refractivity contribution in [3.8, 4) is 0 Å². The van der Waals surface area contributed by atoms with Gasteiger partial charge in [0.15, 0.2) is 0 Å². The largest absolute Gasteiger partial charge is 0.480 e. The van der Waals surface area contributed by atoms with E-state index in [1.807, 2.05) is 36.6 Å². The van der Waals surface area contributed by atoms with Crippen molar-refractivity contribution >= 4 is 46.4 Å². The van der Waals surface area contributed by atoms with Crippen LogP contribution in [0.1, 0.15) is 17.5 Å². The van der Waals surface area contributed by atoms with Gasteiger partial charge in [-0.15, -0.1) is 0 Å². The number of thioether (sulfide) groups is 1. The molecule has 0 saturated heterocycles. The van der Waals surface area contributed by atoms with Gasteiger partial charge in [-0.3, -0.25) is 14.4 Å². The monoisotopic (exact) mass is 539 g/mol. The lowest BCUT2D eigenvalue weighted by Crippen LogP contribution is -2.54. The Labute approximate surface area is 225 Å². The number of fused-ring (bicyclic) bond motifs is 1. The molecular weight excluding hydrogens is 506 g/mol. The number of carbonyl (C=O) groups excluding carboxylic acids is 3. The second-order valence-corrected chi connectivity index (χ2v) is 9.86. The minimum Gasteiger partial charge on any atom is -0.480 e. The molecule has 0 aliphatic rings. The second-order valence-electron chi connectivity index (χ2n) is 8.88. The number of para-hydroxylation sites is 1. The number of nitrogens with one attached hydrogen (secondary N) is 4. The molecule has 0 bridgehead atoms. The van der Waals surface area contributed by atoms with Gasteiger partial charge in [-0.2, -0.15) is 11.8 Å². The van der Waals surface area contributed by atoms with Gasteiger partial charge in [0.1, 0.15) is 12.1 Å². The van der Waals surface area contributed by atoms with Crippen molar-refractivity contribution in [3.05, 3.63) is 71.9 Å². The topological polar surface area (TPSA) is 166 Å². The Hall–Kier alpha value is -3.83. The molecule has 3 unspecified atom stereocenters. The molecular formula is C27H33N5O5S. The Morgan fingerprint density at radius 1 is 0.947 bits per heavy atom. The summed E-state index contributed by atoms with van der Waals surface area (Å²) in [7, 11) is 0. The molecule has 0 aliphatic heterocycles. The van der Waals surface area contributed by atoms with Crippen molar-refractivity contribution in [1.82, 2.24) is 20.9 Å². The minimum absolute atomic E-state index is 0.154. The third kappa shape index (κ3) is 8.35. The van der Waals surface area contributed by atoms with Crippen LogP contribution in [0.4, 0.5) is 0 Å². The molecule has 10 nitrogen and oxygen atoms in total. The summed E-state index contributed by atoms with van der Waals surface area (Å²) in [6, 6.07) is 13.7. The van der Waals surface area contributed by atoms with Crippen LogP contribution >= 0.6 is 11.8 Å². The maximum atomic E-state index is 13.0. The molecule has 11 heteroatoms.